The number of nitriles is 1. The Morgan fingerprint density at radius 1 is 1.20 bits per heavy atom. The summed E-state index contributed by atoms with van der Waals surface area (Å²) in [7, 11) is 0. The van der Waals surface area contributed by atoms with Crippen LogP contribution in [0.2, 0.25) is 5.02 Å². The highest BCUT2D eigenvalue weighted by Crippen LogP contribution is 2.37. The Morgan fingerprint density at radius 2 is 1.80 bits per heavy atom. The quantitative estimate of drug-likeness (QED) is 0.269. The molecule has 1 heterocycles. The number of rotatable bonds is 3. The number of benzene rings is 2. The second-order valence-electron chi connectivity index (χ2n) is 8.00. The molecule has 0 spiro atoms. The van der Waals surface area contributed by atoms with E-state index in [2.05, 4.69) is 0 Å². The second kappa shape index (κ2) is 11.7. The highest BCUT2D eigenvalue weighted by molar-refractivity contribution is 14.1. The van der Waals surface area contributed by atoms with Gasteiger partial charge in [0.25, 0.3) is 0 Å². The van der Waals surface area contributed by atoms with Gasteiger partial charge in [-0.05, 0) is 108 Å². The summed E-state index contributed by atoms with van der Waals surface area (Å²) < 4.78 is 26.5. The van der Waals surface area contributed by atoms with Crippen molar-refractivity contribution in [2.75, 3.05) is 4.90 Å². The first-order valence-corrected chi connectivity index (χ1v) is 13.0. The molecule has 1 saturated carbocycles. The van der Waals surface area contributed by atoms with Crippen LogP contribution in [0.25, 0.3) is 0 Å². The van der Waals surface area contributed by atoms with Crippen LogP contribution >= 0.6 is 56.8 Å². The minimum absolute atomic E-state index is 0.00962. The summed E-state index contributed by atoms with van der Waals surface area (Å²) in [6.07, 6.45) is 3.00. The molecule has 4 rings (SSSR count). The number of phenols is 1. The van der Waals surface area contributed by atoms with Crippen LogP contribution in [-0.4, -0.2) is 23.2 Å². The molecule has 35 heavy (non-hydrogen) atoms. The fraction of sp³-hybridized carbons (Fsp3) is 0.292. The predicted molar refractivity (Wildman–Crippen MR) is 145 cm³/mol. The molecule has 2 aromatic carbocycles. The maximum absolute atomic E-state index is 14.3. The van der Waals surface area contributed by atoms with E-state index in [-0.39, 0.29) is 34.1 Å². The number of cyclic esters (lactones) is 1. The van der Waals surface area contributed by atoms with Crippen molar-refractivity contribution in [3.63, 3.8) is 0 Å². The number of ether oxygens (including phenoxy) is 2. The lowest BCUT2D eigenvalue weighted by Gasteiger charge is -2.18. The number of halogens is 4. The summed E-state index contributed by atoms with van der Waals surface area (Å²) in [5, 5.41) is 17.9. The maximum Gasteiger partial charge on any atom is 0.427 e. The molecule has 1 aliphatic heterocycles. The Hall–Kier alpha value is -2.11. The number of carbonyl (C=O) groups is 2. The van der Waals surface area contributed by atoms with Gasteiger partial charge in [-0.2, -0.15) is 5.26 Å². The number of hydrogen-bond donors (Lipinski definition) is 1. The molecule has 11 heteroatoms. The van der Waals surface area contributed by atoms with Gasteiger partial charge in [-0.15, -0.1) is 0 Å². The first-order chi connectivity index (χ1) is 16.5. The lowest BCUT2D eigenvalue weighted by atomic mass is 10.2. The Morgan fingerprint density at radius 3 is 2.31 bits per heavy atom. The number of nitrogens with zero attached hydrogens (tertiary/aromatic N) is 2. The molecular weight excluding hydrogens is 705 g/mol. The van der Waals surface area contributed by atoms with E-state index < -0.39 is 17.8 Å². The topological polar surface area (TPSA) is 99.9 Å². The van der Waals surface area contributed by atoms with Gasteiger partial charge in [0.2, 0.25) is 0 Å². The zero-order chi connectivity index (χ0) is 25.9. The monoisotopic (exact) mass is 724 g/mol. The van der Waals surface area contributed by atoms with Crippen LogP contribution < -0.4 is 9.64 Å². The molecule has 1 N–H and O–H groups in total. The summed E-state index contributed by atoms with van der Waals surface area (Å²) in [5.74, 6) is -1.07. The molecule has 0 atom stereocenters. The van der Waals surface area contributed by atoms with Gasteiger partial charge in [-0.25, -0.2) is 14.1 Å². The summed E-state index contributed by atoms with van der Waals surface area (Å²) in [6.45, 7) is 3.27. The standard InChI is InChI=1S/C17H17ClFNO4.C7H3I2NO/c1-9(2)15-16(21)20(17(22)24-15)13-8-14(11(18)7-12(13)19)23-10-5-3-4-6-10;8-5-1-4(3-10)2-6(9)7(5)11/h7-8,10H,3-6H2,1-2H3;1-2,11H. The van der Waals surface area contributed by atoms with Crippen LogP contribution in [0.5, 0.6) is 11.5 Å². The lowest BCUT2D eigenvalue weighted by Crippen LogP contribution is -2.29. The SMILES string of the molecule is CC(C)=C1OC(=O)N(c2cc(OC3CCCC3)c(Cl)cc2F)C1=O.N#Cc1cc(I)c(O)c(I)c1. The van der Waals surface area contributed by atoms with Crippen LogP contribution in [-0.2, 0) is 9.53 Å². The lowest BCUT2D eigenvalue weighted by molar-refractivity contribution is -0.114. The zero-order valence-corrected chi connectivity index (χ0v) is 23.8. The summed E-state index contributed by atoms with van der Waals surface area (Å²) >= 11 is 10.0. The molecule has 2 fully saturated rings. The average molecular weight is 725 g/mol. The van der Waals surface area contributed by atoms with Gasteiger partial charge in [0, 0.05) is 6.07 Å². The van der Waals surface area contributed by atoms with Gasteiger partial charge in [-0.1, -0.05) is 11.6 Å². The third-order valence-electron chi connectivity index (χ3n) is 5.21. The Bertz CT molecular complexity index is 1230. The Kier molecular flexibility index (Phi) is 9.22. The molecule has 1 saturated heterocycles. The van der Waals surface area contributed by atoms with Gasteiger partial charge < -0.3 is 14.6 Å². The number of imide groups is 1. The van der Waals surface area contributed by atoms with E-state index in [0.29, 0.717) is 23.2 Å². The van der Waals surface area contributed by atoms with Crippen molar-refractivity contribution in [1.82, 2.24) is 0 Å². The number of amides is 2. The first-order valence-electron chi connectivity index (χ1n) is 10.5. The van der Waals surface area contributed by atoms with Crippen LogP contribution in [0.15, 0.2) is 35.6 Å². The molecule has 2 aliphatic rings. The fourth-order valence-corrected chi connectivity index (χ4v) is 5.44. The molecule has 0 aromatic heterocycles. The first kappa shape index (κ1) is 27.5. The molecule has 184 valence electrons. The predicted octanol–water partition coefficient (Wildman–Crippen LogP) is 7.05. The summed E-state index contributed by atoms with van der Waals surface area (Å²) in [6, 6.07) is 7.64. The van der Waals surface area contributed by atoms with Crippen molar-refractivity contribution >= 4 is 74.5 Å². The molecule has 2 amide bonds. The highest BCUT2D eigenvalue weighted by atomic mass is 127. The number of carbonyl (C=O) groups excluding carboxylic acids is 2. The highest BCUT2D eigenvalue weighted by Gasteiger charge is 2.40. The van der Waals surface area contributed by atoms with E-state index in [1.54, 1.807) is 26.0 Å². The van der Waals surface area contributed by atoms with Crippen molar-refractivity contribution in [3.05, 3.63) is 59.1 Å². The van der Waals surface area contributed by atoms with E-state index in [1.165, 1.54) is 6.07 Å². The van der Waals surface area contributed by atoms with Crippen molar-refractivity contribution < 1.29 is 28.6 Å². The summed E-state index contributed by atoms with van der Waals surface area (Å²) in [5.41, 5.74) is 0.892. The Balaban J connectivity index is 0.000000261. The average Bonchev–Trinajstić information content (AvgIpc) is 3.41. The smallest absolute Gasteiger partial charge is 0.427 e. The minimum Gasteiger partial charge on any atom is -0.506 e. The van der Waals surface area contributed by atoms with E-state index >= 15 is 0 Å². The van der Waals surface area contributed by atoms with E-state index in [0.717, 1.165) is 31.7 Å². The van der Waals surface area contributed by atoms with Crippen LogP contribution in [0.3, 0.4) is 0 Å². The minimum atomic E-state index is -0.941. The van der Waals surface area contributed by atoms with Crippen molar-refractivity contribution in [1.29, 1.82) is 5.26 Å². The van der Waals surface area contributed by atoms with E-state index in [4.69, 9.17) is 26.3 Å². The third kappa shape index (κ3) is 6.37. The Labute approximate surface area is 234 Å². The van der Waals surface area contributed by atoms with Crippen LogP contribution in [0, 0.1) is 24.3 Å². The van der Waals surface area contributed by atoms with Crippen molar-refractivity contribution in [2.24, 2.45) is 0 Å². The molecular formula is C24H20ClFI2N2O5. The molecule has 1 aliphatic carbocycles. The van der Waals surface area contributed by atoms with Gasteiger partial charge in [0.1, 0.15) is 17.3 Å². The molecule has 0 radical (unpaired) electrons. The van der Waals surface area contributed by atoms with Crippen molar-refractivity contribution in [3.8, 4) is 17.6 Å². The number of aromatic hydroxyl groups is 1. The largest absolute Gasteiger partial charge is 0.506 e. The third-order valence-corrected chi connectivity index (χ3v) is 7.15. The van der Waals surface area contributed by atoms with Gasteiger partial charge in [0.05, 0.1) is 35.6 Å². The maximum atomic E-state index is 14.3. The molecule has 0 unspecified atom stereocenters. The van der Waals surface area contributed by atoms with Crippen LogP contribution in [0.4, 0.5) is 14.9 Å². The molecule has 2 aromatic rings. The number of allylic oxidation sites excluding steroid dienone is 1. The number of hydrogen-bond acceptors (Lipinski definition) is 6. The fourth-order valence-electron chi connectivity index (χ4n) is 3.48. The normalized spacial score (nSPS) is 15.5. The van der Waals surface area contributed by atoms with Crippen LogP contribution in [0.1, 0.15) is 45.1 Å². The molecule has 0 bridgehead atoms. The zero-order valence-electron chi connectivity index (χ0n) is 18.7. The van der Waals surface area contributed by atoms with Gasteiger partial charge in [0.15, 0.2) is 5.76 Å². The second-order valence-corrected chi connectivity index (χ2v) is 10.7. The van der Waals surface area contributed by atoms with E-state index in [1.807, 2.05) is 51.3 Å². The number of phenolic OH excluding ortho intramolecular Hbond substituents is 1. The van der Waals surface area contributed by atoms with Gasteiger partial charge >= 0.3 is 12.0 Å². The van der Waals surface area contributed by atoms with E-state index in [9.17, 15) is 19.1 Å². The molecule has 7 nitrogen and oxygen atoms in total. The van der Waals surface area contributed by atoms with Crippen molar-refractivity contribution in [2.45, 2.75) is 45.6 Å². The summed E-state index contributed by atoms with van der Waals surface area (Å²) in [4.78, 5) is 25.0. The van der Waals surface area contributed by atoms with Gasteiger partial charge in [-0.3, -0.25) is 4.79 Å². The number of anilines is 1.